The number of carbonyl (C=O) groups is 1. The van der Waals surface area contributed by atoms with Gasteiger partial charge in [-0.05, 0) is 12.8 Å². The minimum absolute atomic E-state index is 0.145. The molecule has 1 saturated heterocycles. The molecule has 1 aliphatic rings. The van der Waals surface area contributed by atoms with E-state index in [-0.39, 0.29) is 12.5 Å². The monoisotopic (exact) mass is 278 g/mol. The van der Waals surface area contributed by atoms with Gasteiger partial charge in [0.25, 0.3) is 10.1 Å². The van der Waals surface area contributed by atoms with E-state index in [0.29, 0.717) is 19.5 Å². The molecule has 1 heterocycles. The van der Waals surface area contributed by atoms with Gasteiger partial charge in [0.2, 0.25) is 0 Å². The van der Waals surface area contributed by atoms with Crippen molar-refractivity contribution in [2.24, 2.45) is 5.41 Å². The molecule has 0 aliphatic carbocycles. The maximum atomic E-state index is 11.0. The van der Waals surface area contributed by atoms with Crippen molar-refractivity contribution in [3.05, 3.63) is 12.7 Å². The van der Waals surface area contributed by atoms with Crippen LogP contribution in [0.2, 0.25) is 0 Å². The molecule has 1 rings (SSSR count). The third-order valence-electron chi connectivity index (χ3n) is 2.90. The van der Waals surface area contributed by atoms with E-state index in [1.807, 2.05) is 0 Å². The highest BCUT2D eigenvalue weighted by molar-refractivity contribution is 7.85. The zero-order valence-corrected chi connectivity index (χ0v) is 10.7. The molecule has 18 heavy (non-hydrogen) atoms. The highest BCUT2D eigenvalue weighted by Crippen LogP contribution is 2.29. The van der Waals surface area contributed by atoms with E-state index < -0.39 is 27.4 Å². The molecule has 1 aliphatic heterocycles. The lowest BCUT2D eigenvalue weighted by Crippen LogP contribution is -2.55. The van der Waals surface area contributed by atoms with Crippen molar-refractivity contribution in [1.82, 2.24) is 10.6 Å². The predicted octanol–water partition coefficient (Wildman–Crippen LogP) is -0.499. The fourth-order valence-electron chi connectivity index (χ4n) is 2.14. The average Bonchev–Trinajstić information content (AvgIpc) is 2.20. The first-order valence-electron chi connectivity index (χ1n) is 5.52. The number of nitrogens with one attached hydrogen (secondary N) is 2. The zero-order chi connectivity index (χ0) is 13.8. The Bertz CT molecular complexity index is 410. The molecule has 104 valence electrons. The molecular formula is C10H18N2O5S. The highest BCUT2D eigenvalue weighted by atomic mass is 32.2. The topological polar surface area (TPSA) is 116 Å². The van der Waals surface area contributed by atoms with Gasteiger partial charge < -0.3 is 15.7 Å². The molecule has 1 unspecified atom stereocenters. The lowest BCUT2D eigenvalue weighted by Gasteiger charge is -2.38. The summed E-state index contributed by atoms with van der Waals surface area (Å²) in [4.78, 5) is 11.0. The van der Waals surface area contributed by atoms with Gasteiger partial charge in [-0.15, -0.1) is 6.58 Å². The van der Waals surface area contributed by atoms with E-state index in [0.717, 1.165) is 0 Å². The number of hydrogen-bond donors (Lipinski definition) is 4. The number of carbonyl (C=O) groups excluding carboxylic acids is 1. The molecule has 4 N–H and O–H groups in total. The predicted molar refractivity (Wildman–Crippen MR) is 65.7 cm³/mol. The number of urea groups is 1. The molecule has 8 heteroatoms. The van der Waals surface area contributed by atoms with Crippen LogP contribution in [0, 0.1) is 5.41 Å². The Morgan fingerprint density at radius 1 is 1.44 bits per heavy atom. The van der Waals surface area contributed by atoms with Gasteiger partial charge in [-0.25, -0.2) is 4.79 Å². The Kier molecular flexibility index (Phi) is 4.71. The minimum atomic E-state index is -4.21. The number of amides is 2. The van der Waals surface area contributed by atoms with Gasteiger partial charge in [0.15, 0.2) is 0 Å². The molecule has 1 fully saturated rings. The number of aliphatic hydroxyl groups is 1. The van der Waals surface area contributed by atoms with Crippen LogP contribution in [0.3, 0.4) is 0 Å². The van der Waals surface area contributed by atoms with Crippen LogP contribution in [0.1, 0.15) is 12.8 Å². The van der Waals surface area contributed by atoms with Crippen LogP contribution in [0.15, 0.2) is 12.7 Å². The van der Waals surface area contributed by atoms with Crippen molar-refractivity contribution in [1.29, 1.82) is 0 Å². The summed E-state index contributed by atoms with van der Waals surface area (Å²) < 4.78 is 30.1. The molecule has 1 atom stereocenters. The molecule has 2 amide bonds. The highest BCUT2D eigenvalue weighted by Gasteiger charge is 2.36. The van der Waals surface area contributed by atoms with Gasteiger partial charge in [0, 0.05) is 18.5 Å². The molecule has 0 bridgehead atoms. The second kappa shape index (κ2) is 5.68. The number of aliphatic hydroxyl groups excluding tert-OH is 1. The van der Waals surface area contributed by atoms with Crippen LogP contribution < -0.4 is 10.6 Å². The summed E-state index contributed by atoms with van der Waals surface area (Å²) >= 11 is 0. The summed E-state index contributed by atoms with van der Waals surface area (Å²) in [7, 11) is -4.21. The van der Waals surface area contributed by atoms with Crippen molar-refractivity contribution < 1.29 is 22.9 Å². The van der Waals surface area contributed by atoms with Crippen LogP contribution in [-0.4, -0.2) is 49.1 Å². The van der Waals surface area contributed by atoms with Gasteiger partial charge in [-0.2, -0.15) is 8.42 Å². The van der Waals surface area contributed by atoms with Crippen molar-refractivity contribution in [2.45, 2.75) is 18.9 Å². The Hall–Kier alpha value is -1.12. The minimum Gasteiger partial charge on any atom is -0.392 e. The second-order valence-electron chi connectivity index (χ2n) is 4.64. The average molecular weight is 278 g/mol. The number of hydrogen-bond acceptors (Lipinski definition) is 4. The molecule has 0 aromatic rings. The van der Waals surface area contributed by atoms with Crippen molar-refractivity contribution >= 4 is 16.1 Å². The lowest BCUT2D eigenvalue weighted by molar-refractivity contribution is 0.102. The third-order valence-corrected chi connectivity index (χ3v) is 3.70. The first kappa shape index (κ1) is 14.9. The maximum absolute atomic E-state index is 11.0. The molecule has 7 nitrogen and oxygen atoms in total. The largest absolute Gasteiger partial charge is 0.392 e. The van der Waals surface area contributed by atoms with E-state index in [2.05, 4.69) is 17.2 Å². The van der Waals surface area contributed by atoms with E-state index in [9.17, 15) is 18.3 Å². The fourth-order valence-corrected chi connectivity index (χ4v) is 2.74. The van der Waals surface area contributed by atoms with Gasteiger partial charge in [0.1, 0.15) is 5.75 Å². The van der Waals surface area contributed by atoms with Crippen LogP contribution in [0.25, 0.3) is 0 Å². The molecule has 0 aromatic heterocycles. The number of rotatable bonds is 6. The van der Waals surface area contributed by atoms with E-state index >= 15 is 0 Å². The van der Waals surface area contributed by atoms with Crippen LogP contribution in [-0.2, 0) is 10.1 Å². The summed E-state index contributed by atoms with van der Waals surface area (Å²) in [6.45, 7) is 4.26. The van der Waals surface area contributed by atoms with Crippen LogP contribution >= 0.6 is 0 Å². The Morgan fingerprint density at radius 3 is 2.44 bits per heavy atom. The lowest BCUT2D eigenvalue weighted by atomic mass is 9.78. The van der Waals surface area contributed by atoms with Crippen LogP contribution in [0.5, 0.6) is 0 Å². The van der Waals surface area contributed by atoms with Crippen molar-refractivity contribution in [3.63, 3.8) is 0 Å². The Balaban J connectivity index is 2.68. The summed E-state index contributed by atoms with van der Waals surface area (Å²) in [6, 6.07) is -0.293. The van der Waals surface area contributed by atoms with E-state index in [1.165, 1.54) is 0 Å². The maximum Gasteiger partial charge on any atom is 0.314 e. The van der Waals surface area contributed by atoms with Crippen molar-refractivity contribution in [3.8, 4) is 0 Å². The first-order valence-corrected chi connectivity index (χ1v) is 7.13. The first-order chi connectivity index (χ1) is 8.26. The summed E-state index contributed by atoms with van der Waals surface area (Å²) in [5, 5.41) is 14.9. The molecule has 0 aromatic carbocycles. The zero-order valence-electron chi connectivity index (χ0n) is 9.92. The van der Waals surface area contributed by atoms with Gasteiger partial charge in [-0.3, -0.25) is 4.55 Å². The summed E-state index contributed by atoms with van der Waals surface area (Å²) in [5.74, 6) is -0.708. The van der Waals surface area contributed by atoms with Crippen molar-refractivity contribution in [2.75, 3.05) is 18.8 Å². The summed E-state index contributed by atoms with van der Waals surface area (Å²) in [6.07, 6.45) is 1.13. The molecule has 0 saturated carbocycles. The van der Waals surface area contributed by atoms with Gasteiger partial charge in [0.05, 0.1) is 6.10 Å². The quantitative estimate of drug-likeness (QED) is 0.386. The standard InChI is InChI=1S/C10H18N2O5S/c1-2-3-10(6-11-9(14)12-7-10)4-8(13)5-18(15,16)17/h2,8,13H,1,3-7H2,(H2,11,12,14)(H,15,16,17). The van der Waals surface area contributed by atoms with E-state index in [1.54, 1.807) is 6.08 Å². The molecular weight excluding hydrogens is 260 g/mol. The van der Waals surface area contributed by atoms with Gasteiger partial charge in [-0.1, -0.05) is 6.08 Å². The Morgan fingerprint density at radius 2 is 2.00 bits per heavy atom. The SMILES string of the molecule is C=CCC1(CC(O)CS(=O)(=O)O)CNC(=O)NC1. The molecule has 0 spiro atoms. The smallest absolute Gasteiger partial charge is 0.314 e. The van der Waals surface area contributed by atoms with Gasteiger partial charge >= 0.3 is 6.03 Å². The normalized spacial score (nSPS) is 20.7. The third kappa shape index (κ3) is 4.63. The van der Waals surface area contributed by atoms with E-state index in [4.69, 9.17) is 4.55 Å². The number of allylic oxidation sites excluding steroid dienone is 1. The second-order valence-corrected chi connectivity index (χ2v) is 6.13. The fraction of sp³-hybridized carbons (Fsp3) is 0.700. The van der Waals surface area contributed by atoms with Crippen LogP contribution in [0.4, 0.5) is 4.79 Å². The summed E-state index contributed by atoms with van der Waals surface area (Å²) in [5.41, 5.74) is -0.486. The Labute approximate surface area is 106 Å². The molecule has 0 radical (unpaired) electrons.